The molecular weight excluding hydrogens is 251 g/mol. The summed E-state index contributed by atoms with van der Waals surface area (Å²) < 4.78 is 38.3. The van der Waals surface area contributed by atoms with Gasteiger partial charge in [-0.2, -0.15) is 13.2 Å². The van der Waals surface area contributed by atoms with Crippen LogP contribution in [-0.4, -0.2) is 49.0 Å². The van der Waals surface area contributed by atoms with Crippen LogP contribution in [0.4, 0.5) is 13.2 Å². The van der Waals surface area contributed by atoms with Crippen molar-refractivity contribution >= 4 is 11.8 Å². The maximum Gasteiger partial charge on any atom is 0.441 e. The third-order valence-corrected chi connectivity index (χ3v) is 2.86. The minimum absolute atomic E-state index is 0.0116. The van der Waals surface area contributed by atoms with Crippen LogP contribution in [0.3, 0.4) is 0 Å². The number of rotatable bonds is 4. The van der Waals surface area contributed by atoms with Crippen LogP contribution in [0.5, 0.6) is 0 Å². The van der Waals surface area contributed by atoms with Crippen molar-refractivity contribution in [1.82, 2.24) is 4.90 Å². The monoisotopic (exact) mass is 273 g/mol. The van der Waals surface area contributed by atoms with E-state index in [1.54, 1.807) is 0 Å². The molecule has 0 amide bonds. The summed E-state index contributed by atoms with van der Waals surface area (Å²) in [6.45, 7) is 9.12. The highest BCUT2D eigenvalue weighted by atomic mass is 32.2. The third-order valence-electron chi connectivity index (χ3n) is 2.24. The summed E-state index contributed by atoms with van der Waals surface area (Å²) in [5, 5.41) is 0. The first-order chi connectivity index (χ1) is 7.99. The molecule has 0 aromatic rings. The smallest absolute Gasteiger partial charge is 0.379 e. The summed E-state index contributed by atoms with van der Waals surface area (Å²) in [5.74, 6) is 0.101. The summed E-state index contributed by atoms with van der Waals surface area (Å²) in [5.41, 5.74) is -4.03. The number of unbranched alkanes of at least 4 members (excludes halogenated alkanes) is 1. The van der Waals surface area contributed by atoms with E-state index in [0.29, 0.717) is 0 Å². The number of halogens is 3. The Kier molecular flexibility index (Phi) is 10.1. The van der Waals surface area contributed by atoms with Gasteiger partial charge in [0, 0.05) is 13.1 Å². The number of morpholine rings is 1. The van der Waals surface area contributed by atoms with Crippen molar-refractivity contribution in [2.75, 3.05) is 38.6 Å². The zero-order valence-electron chi connectivity index (χ0n) is 10.6. The average molecular weight is 273 g/mol. The Hall–Kier alpha value is 0.0600. The zero-order chi connectivity index (χ0) is 13.1. The van der Waals surface area contributed by atoms with Gasteiger partial charge in [0.25, 0.3) is 0 Å². The van der Waals surface area contributed by atoms with Crippen LogP contribution in [0.1, 0.15) is 26.7 Å². The molecule has 17 heavy (non-hydrogen) atoms. The lowest BCUT2D eigenvalue weighted by Gasteiger charge is -2.26. The molecule has 2 nitrogen and oxygen atoms in total. The van der Waals surface area contributed by atoms with Crippen molar-refractivity contribution in [1.29, 1.82) is 0 Å². The van der Waals surface area contributed by atoms with Crippen LogP contribution < -0.4 is 0 Å². The molecule has 1 aliphatic rings. The standard InChI is InChI=1S/C8H17NO.C3H5F3S/c1-2-3-4-9-5-7-10-8-6-9;1-2-7-3(4,5)6/h2-8H2,1H3;2H2,1H3. The minimum atomic E-state index is -4.03. The second-order valence-electron chi connectivity index (χ2n) is 3.69. The molecule has 0 saturated carbocycles. The number of nitrogens with zero attached hydrogens (tertiary/aromatic N) is 1. The average Bonchev–Trinajstić information content (AvgIpc) is 2.27. The first-order valence-corrected chi connectivity index (χ1v) is 6.99. The molecular formula is C11H22F3NOS. The van der Waals surface area contributed by atoms with Gasteiger partial charge in [-0.25, -0.2) is 0 Å². The first kappa shape index (κ1) is 17.1. The summed E-state index contributed by atoms with van der Waals surface area (Å²) in [7, 11) is 0. The largest absolute Gasteiger partial charge is 0.441 e. The molecule has 0 atom stereocenters. The van der Waals surface area contributed by atoms with Crippen LogP contribution in [0.15, 0.2) is 0 Å². The molecule has 0 aliphatic carbocycles. The van der Waals surface area contributed by atoms with Crippen molar-refractivity contribution in [2.24, 2.45) is 0 Å². The van der Waals surface area contributed by atoms with Crippen LogP contribution in [-0.2, 0) is 4.74 Å². The van der Waals surface area contributed by atoms with Gasteiger partial charge in [-0.1, -0.05) is 32.0 Å². The molecule has 0 aromatic heterocycles. The summed E-state index contributed by atoms with van der Waals surface area (Å²) in [6.07, 6.45) is 2.64. The number of alkyl halides is 3. The van der Waals surface area contributed by atoms with E-state index in [-0.39, 0.29) is 17.5 Å². The van der Waals surface area contributed by atoms with Crippen molar-refractivity contribution in [3.8, 4) is 0 Å². The molecule has 1 saturated heterocycles. The predicted molar refractivity (Wildman–Crippen MR) is 66.4 cm³/mol. The number of hydrogen-bond donors (Lipinski definition) is 0. The maximum atomic E-state index is 11.0. The van der Waals surface area contributed by atoms with E-state index >= 15 is 0 Å². The Balaban J connectivity index is 0.000000325. The van der Waals surface area contributed by atoms with Crippen LogP contribution in [0.2, 0.25) is 0 Å². The lowest BCUT2D eigenvalue weighted by atomic mass is 10.3. The Labute approximate surface area is 106 Å². The van der Waals surface area contributed by atoms with Gasteiger partial charge < -0.3 is 4.74 Å². The van der Waals surface area contributed by atoms with E-state index < -0.39 is 5.51 Å². The second kappa shape index (κ2) is 10.0. The van der Waals surface area contributed by atoms with Crippen LogP contribution in [0, 0.1) is 0 Å². The highest BCUT2D eigenvalue weighted by Crippen LogP contribution is 2.29. The minimum Gasteiger partial charge on any atom is -0.379 e. The Morgan fingerprint density at radius 2 is 1.76 bits per heavy atom. The Morgan fingerprint density at radius 3 is 2.12 bits per heavy atom. The van der Waals surface area contributed by atoms with Gasteiger partial charge in [0.05, 0.1) is 13.2 Å². The van der Waals surface area contributed by atoms with E-state index in [4.69, 9.17) is 4.74 Å². The summed E-state index contributed by atoms with van der Waals surface area (Å²) in [6, 6.07) is 0. The molecule has 0 bridgehead atoms. The Bertz CT molecular complexity index is 173. The molecule has 0 N–H and O–H groups in total. The van der Waals surface area contributed by atoms with Crippen molar-refractivity contribution in [2.45, 2.75) is 32.2 Å². The SMILES string of the molecule is CCCCN1CCOCC1.CCSC(F)(F)F. The number of hydrogen-bond acceptors (Lipinski definition) is 3. The third kappa shape index (κ3) is 12.3. The molecule has 1 rings (SSSR count). The van der Waals surface area contributed by atoms with Crippen molar-refractivity contribution in [3.63, 3.8) is 0 Å². The molecule has 1 heterocycles. The predicted octanol–water partition coefficient (Wildman–Crippen LogP) is 3.38. The molecule has 104 valence electrons. The molecule has 1 fully saturated rings. The summed E-state index contributed by atoms with van der Waals surface area (Å²) in [4.78, 5) is 2.48. The fourth-order valence-corrected chi connectivity index (χ4v) is 1.70. The number of thioether (sulfide) groups is 1. The van der Waals surface area contributed by atoms with E-state index in [2.05, 4.69) is 11.8 Å². The molecule has 0 spiro atoms. The quantitative estimate of drug-likeness (QED) is 0.779. The van der Waals surface area contributed by atoms with Gasteiger partial charge >= 0.3 is 5.51 Å². The first-order valence-electron chi connectivity index (χ1n) is 6.00. The van der Waals surface area contributed by atoms with Gasteiger partial charge in [-0.15, -0.1) is 0 Å². The van der Waals surface area contributed by atoms with Crippen molar-refractivity contribution in [3.05, 3.63) is 0 Å². The number of ether oxygens (including phenoxy) is 1. The van der Waals surface area contributed by atoms with E-state index in [9.17, 15) is 13.2 Å². The Morgan fingerprint density at radius 1 is 1.18 bits per heavy atom. The highest BCUT2D eigenvalue weighted by Gasteiger charge is 2.26. The second-order valence-corrected chi connectivity index (χ2v) is 5.02. The van der Waals surface area contributed by atoms with Gasteiger partial charge in [0.1, 0.15) is 0 Å². The van der Waals surface area contributed by atoms with Crippen molar-refractivity contribution < 1.29 is 17.9 Å². The molecule has 6 heteroatoms. The molecule has 0 aromatic carbocycles. The fraction of sp³-hybridized carbons (Fsp3) is 1.00. The van der Waals surface area contributed by atoms with Crippen LogP contribution in [0.25, 0.3) is 0 Å². The highest BCUT2D eigenvalue weighted by molar-refractivity contribution is 8.00. The van der Waals surface area contributed by atoms with Gasteiger partial charge in [-0.05, 0) is 18.7 Å². The van der Waals surface area contributed by atoms with Gasteiger partial charge in [-0.3, -0.25) is 4.90 Å². The fourth-order valence-electron chi connectivity index (χ4n) is 1.37. The van der Waals surface area contributed by atoms with Gasteiger partial charge in [0.2, 0.25) is 0 Å². The topological polar surface area (TPSA) is 12.5 Å². The molecule has 0 unspecified atom stereocenters. The van der Waals surface area contributed by atoms with E-state index in [0.717, 1.165) is 26.3 Å². The lowest BCUT2D eigenvalue weighted by Crippen LogP contribution is -2.36. The molecule has 1 aliphatic heterocycles. The van der Waals surface area contributed by atoms with E-state index in [1.165, 1.54) is 26.3 Å². The summed E-state index contributed by atoms with van der Waals surface area (Å²) >= 11 is -0.0116. The lowest BCUT2D eigenvalue weighted by molar-refractivity contribution is -0.0327. The van der Waals surface area contributed by atoms with E-state index in [1.807, 2.05) is 0 Å². The zero-order valence-corrected chi connectivity index (χ0v) is 11.4. The van der Waals surface area contributed by atoms with Crippen LogP contribution >= 0.6 is 11.8 Å². The molecule has 0 radical (unpaired) electrons. The van der Waals surface area contributed by atoms with Gasteiger partial charge in [0.15, 0.2) is 0 Å². The maximum absolute atomic E-state index is 11.0. The normalized spacial score (nSPS) is 17.5.